The lowest BCUT2D eigenvalue weighted by Gasteiger charge is -2.10. The summed E-state index contributed by atoms with van der Waals surface area (Å²) in [6.45, 7) is 4.57. The van der Waals surface area contributed by atoms with Crippen molar-refractivity contribution in [1.82, 2.24) is 9.29 Å². The Morgan fingerprint density at radius 2 is 2.00 bits per heavy atom. The van der Waals surface area contributed by atoms with Crippen LogP contribution in [0.4, 0.5) is 0 Å². The molecular weight excluding hydrogens is 360 g/mol. The average molecular weight is 383 g/mol. The molecule has 0 bridgehead atoms. The zero-order valence-corrected chi connectivity index (χ0v) is 16.2. The van der Waals surface area contributed by atoms with Crippen molar-refractivity contribution < 1.29 is 13.2 Å². The number of sulfonamides is 1. The highest BCUT2D eigenvalue weighted by Gasteiger charge is 2.26. The van der Waals surface area contributed by atoms with E-state index < -0.39 is 10.0 Å². The Morgan fingerprint density at radius 3 is 2.60 bits per heavy atom. The van der Waals surface area contributed by atoms with E-state index in [4.69, 9.17) is 16.3 Å². The third-order valence-electron chi connectivity index (χ3n) is 4.62. The number of hydrogen-bond acceptors (Lipinski definition) is 3. The first-order valence-electron chi connectivity index (χ1n) is 8.34. The maximum absolute atomic E-state index is 12.4. The first-order chi connectivity index (χ1) is 11.8. The molecule has 1 fully saturated rings. The standard InChI is InChI=1S/C18H23ClN2O3S/c1-12-10-14(13(2)21(12)15-4-5-15)8-9-20-25(22,23)16-6-7-18(24-3)17(19)11-16/h6-7,10-11,15,20H,4-5,8-9H2,1-3H3. The lowest BCUT2D eigenvalue weighted by Crippen LogP contribution is -2.26. The molecule has 1 aromatic heterocycles. The Morgan fingerprint density at radius 1 is 1.28 bits per heavy atom. The molecule has 25 heavy (non-hydrogen) atoms. The van der Waals surface area contributed by atoms with Gasteiger partial charge in [0.2, 0.25) is 10.0 Å². The Kier molecular flexibility index (Phi) is 5.14. The largest absolute Gasteiger partial charge is 0.495 e. The number of benzene rings is 1. The minimum Gasteiger partial charge on any atom is -0.495 e. The molecule has 1 aromatic carbocycles. The van der Waals surface area contributed by atoms with E-state index >= 15 is 0 Å². The maximum atomic E-state index is 12.4. The van der Waals surface area contributed by atoms with E-state index in [1.807, 2.05) is 0 Å². The van der Waals surface area contributed by atoms with Gasteiger partial charge in [0.15, 0.2) is 0 Å². The van der Waals surface area contributed by atoms with Gasteiger partial charge in [0, 0.05) is 24.0 Å². The summed E-state index contributed by atoms with van der Waals surface area (Å²) >= 11 is 6.02. The summed E-state index contributed by atoms with van der Waals surface area (Å²) in [5.41, 5.74) is 3.69. The number of hydrogen-bond donors (Lipinski definition) is 1. The number of halogens is 1. The molecule has 0 spiro atoms. The molecule has 1 heterocycles. The molecule has 1 aliphatic rings. The molecular formula is C18H23ClN2O3S. The van der Waals surface area contributed by atoms with Crippen LogP contribution in [0, 0.1) is 13.8 Å². The van der Waals surface area contributed by atoms with Crippen molar-refractivity contribution in [1.29, 1.82) is 0 Å². The Labute approximate surface area is 154 Å². The van der Waals surface area contributed by atoms with E-state index in [2.05, 4.69) is 29.2 Å². The number of aromatic nitrogens is 1. The highest BCUT2D eigenvalue weighted by atomic mass is 35.5. The Balaban J connectivity index is 1.67. The normalized spacial score (nSPS) is 14.7. The van der Waals surface area contributed by atoms with E-state index in [0.717, 1.165) is 0 Å². The van der Waals surface area contributed by atoms with E-state index in [0.29, 0.717) is 24.8 Å². The van der Waals surface area contributed by atoms with Crippen molar-refractivity contribution in [3.05, 3.63) is 46.2 Å². The van der Waals surface area contributed by atoms with E-state index in [1.54, 1.807) is 6.07 Å². The summed E-state index contributed by atoms with van der Waals surface area (Å²) in [5.74, 6) is 0.452. The zero-order valence-electron chi connectivity index (χ0n) is 14.7. The van der Waals surface area contributed by atoms with Crippen molar-refractivity contribution in [2.75, 3.05) is 13.7 Å². The van der Waals surface area contributed by atoms with Gasteiger partial charge in [-0.2, -0.15) is 0 Å². The molecule has 3 rings (SSSR count). The SMILES string of the molecule is COc1ccc(S(=O)(=O)NCCc2cc(C)n(C3CC3)c2C)cc1Cl. The molecule has 1 aliphatic carbocycles. The van der Waals surface area contributed by atoms with Gasteiger partial charge in [-0.15, -0.1) is 0 Å². The first kappa shape index (κ1) is 18.3. The number of nitrogens with zero attached hydrogens (tertiary/aromatic N) is 1. The molecule has 0 atom stereocenters. The second-order valence-electron chi connectivity index (χ2n) is 6.44. The summed E-state index contributed by atoms with van der Waals surface area (Å²) in [4.78, 5) is 0.141. The van der Waals surface area contributed by atoms with Gasteiger partial charge in [-0.3, -0.25) is 0 Å². The Hall–Kier alpha value is -1.50. The smallest absolute Gasteiger partial charge is 0.240 e. The van der Waals surface area contributed by atoms with Gasteiger partial charge in [-0.25, -0.2) is 13.1 Å². The fourth-order valence-electron chi connectivity index (χ4n) is 3.21. The molecule has 1 saturated carbocycles. The predicted octanol–water partition coefficient (Wildman–Crippen LogP) is 3.62. The second kappa shape index (κ2) is 7.02. The molecule has 0 saturated heterocycles. The second-order valence-corrected chi connectivity index (χ2v) is 8.62. The van der Waals surface area contributed by atoms with Crippen molar-refractivity contribution in [2.24, 2.45) is 0 Å². The number of methoxy groups -OCH3 is 1. The molecule has 0 unspecified atom stereocenters. The fourth-order valence-corrected chi connectivity index (χ4v) is 4.59. The minimum absolute atomic E-state index is 0.141. The zero-order chi connectivity index (χ0) is 18.2. The van der Waals surface area contributed by atoms with E-state index in [1.165, 1.54) is 49.0 Å². The van der Waals surface area contributed by atoms with Gasteiger partial charge >= 0.3 is 0 Å². The molecule has 7 heteroatoms. The van der Waals surface area contributed by atoms with Crippen LogP contribution in [0.3, 0.4) is 0 Å². The van der Waals surface area contributed by atoms with Gasteiger partial charge in [-0.05, 0) is 62.9 Å². The van der Waals surface area contributed by atoms with Crippen molar-refractivity contribution >= 4 is 21.6 Å². The molecule has 0 radical (unpaired) electrons. The van der Waals surface area contributed by atoms with Crippen LogP contribution in [0.2, 0.25) is 5.02 Å². The fraction of sp³-hybridized carbons (Fsp3) is 0.444. The highest BCUT2D eigenvalue weighted by Crippen LogP contribution is 2.38. The van der Waals surface area contributed by atoms with Crippen LogP contribution in [-0.2, 0) is 16.4 Å². The number of ether oxygens (including phenoxy) is 1. The summed E-state index contributed by atoms with van der Waals surface area (Å²) in [6, 6.07) is 7.24. The van der Waals surface area contributed by atoms with Crippen LogP contribution >= 0.6 is 11.6 Å². The quantitative estimate of drug-likeness (QED) is 0.795. The van der Waals surface area contributed by atoms with Crippen LogP contribution in [-0.4, -0.2) is 26.6 Å². The number of rotatable bonds is 7. The van der Waals surface area contributed by atoms with E-state index in [9.17, 15) is 8.42 Å². The lowest BCUT2D eigenvalue weighted by atomic mass is 10.2. The first-order valence-corrected chi connectivity index (χ1v) is 10.2. The molecule has 1 N–H and O–H groups in total. The minimum atomic E-state index is -3.59. The van der Waals surface area contributed by atoms with E-state index in [-0.39, 0.29) is 9.92 Å². The summed E-state index contributed by atoms with van der Waals surface area (Å²) in [7, 11) is -2.10. The monoisotopic (exact) mass is 382 g/mol. The molecule has 5 nitrogen and oxygen atoms in total. The average Bonchev–Trinajstić information content (AvgIpc) is 3.34. The number of nitrogens with one attached hydrogen (secondary N) is 1. The molecule has 2 aromatic rings. The maximum Gasteiger partial charge on any atom is 0.240 e. The van der Waals surface area contributed by atoms with Gasteiger partial charge in [-0.1, -0.05) is 11.6 Å². The van der Waals surface area contributed by atoms with Gasteiger partial charge in [0.1, 0.15) is 5.75 Å². The van der Waals surface area contributed by atoms with Crippen LogP contribution in [0.15, 0.2) is 29.2 Å². The van der Waals surface area contributed by atoms with Crippen LogP contribution < -0.4 is 9.46 Å². The van der Waals surface area contributed by atoms with Crippen LogP contribution in [0.5, 0.6) is 5.75 Å². The number of aryl methyl sites for hydroxylation is 1. The van der Waals surface area contributed by atoms with Crippen molar-refractivity contribution in [2.45, 2.75) is 44.0 Å². The summed E-state index contributed by atoms with van der Waals surface area (Å²) in [6.07, 6.45) is 3.14. The third-order valence-corrected chi connectivity index (χ3v) is 6.38. The highest BCUT2D eigenvalue weighted by molar-refractivity contribution is 7.89. The Bertz CT molecular complexity index is 886. The molecule has 136 valence electrons. The third kappa shape index (κ3) is 3.86. The summed E-state index contributed by atoms with van der Waals surface area (Å²) in [5, 5.41) is 0.276. The molecule has 0 aliphatic heterocycles. The van der Waals surface area contributed by atoms with Gasteiger partial charge in [0.05, 0.1) is 17.0 Å². The topological polar surface area (TPSA) is 60.3 Å². The molecule has 0 amide bonds. The van der Waals surface area contributed by atoms with Gasteiger partial charge in [0.25, 0.3) is 0 Å². The van der Waals surface area contributed by atoms with Crippen LogP contribution in [0.25, 0.3) is 0 Å². The van der Waals surface area contributed by atoms with Crippen molar-refractivity contribution in [3.63, 3.8) is 0 Å². The van der Waals surface area contributed by atoms with Gasteiger partial charge < -0.3 is 9.30 Å². The van der Waals surface area contributed by atoms with Crippen molar-refractivity contribution in [3.8, 4) is 5.75 Å². The summed E-state index contributed by atoms with van der Waals surface area (Å²) < 4.78 is 34.9. The van der Waals surface area contributed by atoms with Crippen LogP contribution in [0.1, 0.15) is 35.8 Å². The lowest BCUT2D eigenvalue weighted by molar-refractivity contribution is 0.414. The predicted molar refractivity (Wildman–Crippen MR) is 99.1 cm³/mol.